The fraction of sp³-hybridized carbons (Fsp3) is 0.118. The molecule has 0 radical (unpaired) electrons. The van der Waals surface area contributed by atoms with E-state index in [2.05, 4.69) is 0 Å². The van der Waals surface area contributed by atoms with Gasteiger partial charge in [0.1, 0.15) is 11.5 Å². The summed E-state index contributed by atoms with van der Waals surface area (Å²) in [5, 5.41) is 9.48. The molecule has 108 valence electrons. The van der Waals surface area contributed by atoms with Gasteiger partial charge in [-0.05, 0) is 29.8 Å². The number of methoxy groups -OCH3 is 2. The van der Waals surface area contributed by atoms with Gasteiger partial charge in [-0.3, -0.25) is 0 Å². The van der Waals surface area contributed by atoms with E-state index in [1.54, 1.807) is 49.6 Å². The molecule has 0 fully saturated rings. The zero-order chi connectivity index (χ0) is 15.2. The Morgan fingerprint density at radius 2 is 1.81 bits per heavy atom. The van der Waals surface area contributed by atoms with E-state index in [1.807, 2.05) is 12.1 Å². The molecule has 0 spiro atoms. The van der Waals surface area contributed by atoms with Crippen molar-refractivity contribution >= 4 is 17.6 Å². The molecule has 0 saturated heterocycles. The van der Waals surface area contributed by atoms with Crippen LogP contribution in [0.15, 0.2) is 48.5 Å². The van der Waals surface area contributed by atoms with Crippen LogP contribution in [0.2, 0.25) is 0 Å². The van der Waals surface area contributed by atoms with Gasteiger partial charge in [-0.2, -0.15) is 0 Å². The lowest BCUT2D eigenvalue weighted by Gasteiger charge is -2.09. The number of carboxylic acid groups (broad SMARTS) is 1. The third kappa shape index (κ3) is 3.42. The Labute approximate surface area is 123 Å². The SMILES string of the molecule is COc1cccc(/C=C(\C(=O)O)c2ccccc2OC)c1. The second-order valence-electron chi connectivity index (χ2n) is 4.34. The first-order chi connectivity index (χ1) is 10.2. The third-order valence-electron chi connectivity index (χ3n) is 3.03. The number of benzene rings is 2. The molecule has 0 bridgehead atoms. The lowest BCUT2D eigenvalue weighted by molar-refractivity contribution is -0.130. The summed E-state index contributed by atoms with van der Waals surface area (Å²) >= 11 is 0. The second kappa shape index (κ2) is 6.61. The predicted octanol–water partition coefficient (Wildman–Crippen LogP) is 3.33. The highest BCUT2D eigenvalue weighted by Gasteiger charge is 2.15. The van der Waals surface area contributed by atoms with Crippen LogP contribution in [0.1, 0.15) is 11.1 Å². The van der Waals surface area contributed by atoms with Gasteiger partial charge in [0.15, 0.2) is 0 Å². The highest BCUT2D eigenvalue weighted by atomic mass is 16.5. The maximum Gasteiger partial charge on any atom is 0.336 e. The number of para-hydroxylation sites is 1. The molecule has 4 nitrogen and oxygen atoms in total. The second-order valence-corrected chi connectivity index (χ2v) is 4.34. The van der Waals surface area contributed by atoms with E-state index in [4.69, 9.17) is 9.47 Å². The van der Waals surface area contributed by atoms with Crippen molar-refractivity contribution in [1.29, 1.82) is 0 Å². The predicted molar refractivity (Wildman–Crippen MR) is 81.5 cm³/mol. The van der Waals surface area contributed by atoms with Gasteiger partial charge in [0.2, 0.25) is 0 Å². The average molecular weight is 284 g/mol. The van der Waals surface area contributed by atoms with E-state index in [0.717, 1.165) is 5.56 Å². The van der Waals surface area contributed by atoms with Crippen LogP contribution in [-0.4, -0.2) is 25.3 Å². The fourth-order valence-corrected chi connectivity index (χ4v) is 2.02. The van der Waals surface area contributed by atoms with Crippen LogP contribution in [0, 0.1) is 0 Å². The van der Waals surface area contributed by atoms with Crippen molar-refractivity contribution in [2.45, 2.75) is 0 Å². The largest absolute Gasteiger partial charge is 0.497 e. The van der Waals surface area contributed by atoms with Gasteiger partial charge in [-0.25, -0.2) is 4.79 Å². The standard InChI is InChI=1S/C17H16O4/c1-20-13-7-5-6-12(10-13)11-15(17(18)19)14-8-3-4-9-16(14)21-2/h3-11H,1-2H3,(H,18,19)/b15-11-. The van der Waals surface area contributed by atoms with Gasteiger partial charge < -0.3 is 14.6 Å². The first-order valence-corrected chi connectivity index (χ1v) is 6.38. The van der Waals surface area contributed by atoms with Crippen molar-refractivity contribution in [2.75, 3.05) is 14.2 Å². The van der Waals surface area contributed by atoms with Crippen LogP contribution in [0.4, 0.5) is 0 Å². The van der Waals surface area contributed by atoms with Crippen molar-refractivity contribution in [1.82, 2.24) is 0 Å². The van der Waals surface area contributed by atoms with Crippen LogP contribution in [-0.2, 0) is 4.79 Å². The summed E-state index contributed by atoms with van der Waals surface area (Å²) in [7, 11) is 3.09. The minimum absolute atomic E-state index is 0.167. The van der Waals surface area contributed by atoms with Crippen LogP contribution >= 0.6 is 0 Å². The van der Waals surface area contributed by atoms with Crippen molar-refractivity contribution in [3.63, 3.8) is 0 Å². The van der Waals surface area contributed by atoms with Crippen molar-refractivity contribution in [3.8, 4) is 11.5 Å². The summed E-state index contributed by atoms with van der Waals surface area (Å²) in [6.45, 7) is 0. The van der Waals surface area contributed by atoms with Crippen LogP contribution < -0.4 is 9.47 Å². The maximum atomic E-state index is 11.6. The number of hydrogen-bond donors (Lipinski definition) is 1. The molecule has 0 aliphatic carbocycles. The fourth-order valence-electron chi connectivity index (χ4n) is 2.02. The maximum absolute atomic E-state index is 11.6. The first-order valence-electron chi connectivity index (χ1n) is 6.38. The molecule has 2 rings (SSSR count). The Morgan fingerprint density at radius 3 is 2.48 bits per heavy atom. The Hall–Kier alpha value is -2.75. The van der Waals surface area contributed by atoms with Gasteiger partial charge in [0.05, 0.1) is 19.8 Å². The number of carbonyl (C=O) groups is 1. The van der Waals surface area contributed by atoms with Crippen molar-refractivity contribution in [3.05, 3.63) is 59.7 Å². The third-order valence-corrected chi connectivity index (χ3v) is 3.03. The van der Waals surface area contributed by atoms with Gasteiger partial charge in [0.25, 0.3) is 0 Å². The summed E-state index contributed by atoms with van der Waals surface area (Å²) in [6.07, 6.45) is 1.60. The Balaban J connectivity index is 2.52. The van der Waals surface area contributed by atoms with Crippen molar-refractivity contribution < 1.29 is 19.4 Å². The molecule has 0 amide bonds. The van der Waals surface area contributed by atoms with E-state index < -0.39 is 5.97 Å². The molecule has 4 heteroatoms. The minimum atomic E-state index is -1.01. The van der Waals surface area contributed by atoms with Crippen LogP contribution in [0.3, 0.4) is 0 Å². The van der Waals surface area contributed by atoms with Crippen LogP contribution in [0.5, 0.6) is 11.5 Å². The minimum Gasteiger partial charge on any atom is -0.497 e. The molecule has 0 aliphatic rings. The zero-order valence-corrected chi connectivity index (χ0v) is 11.9. The zero-order valence-electron chi connectivity index (χ0n) is 11.9. The molecular formula is C17H16O4. The van der Waals surface area contributed by atoms with Gasteiger partial charge in [-0.1, -0.05) is 30.3 Å². The molecule has 2 aromatic carbocycles. The number of rotatable bonds is 5. The lowest BCUT2D eigenvalue weighted by Crippen LogP contribution is -2.01. The normalized spacial score (nSPS) is 11.0. The van der Waals surface area contributed by atoms with E-state index in [-0.39, 0.29) is 5.57 Å². The Morgan fingerprint density at radius 1 is 1.05 bits per heavy atom. The van der Waals surface area contributed by atoms with E-state index in [9.17, 15) is 9.90 Å². The number of carboxylic acids is 1. The van der Waals surface area contributed by atoms with E-state index >= 15 is 0 Å². The molecule has 0 unspecified atom stereocenters. The van der Waals surface area contributed by atoms with Gasteiger partial charge in [0, 0.05) is 5.56 Å². The molecule has 2 aromatic rings. The van der Waals surface area contributed by atoms with Gasteiger partial charge >= 0.3 is 5.97 Å². The number of hydrogen-bond acceptors (Lipinski definition) is 3. The highest BCUT2D eigenvalue weighted by molar-refractivity contribution is 6.21. The molecule has 0 heterocycles. The molecule has 1 N–H and O–H groups in total. The molecule has 0 saturated carbocycles. The van der Waals surface area contributed by atoms with Gasteiger partial charge in [-0.15, -0.1) is 0 Å². The Kier molecular flexibility index (Phi) is 4.61. The molecule has 0 aromatic heterocycles. The summed E-state index contributed by atoms with van der Waals surface area (Å²) in [5.74, 6) is 0.185. The summed E-state index contributed by atoms with van der Waals surface area (Å²) in [6, 6.07) is 14.2. The Bertz CT molecular complexity index is 674. The first kappa shape index (κ1) is 14.7. The summed E-state index contributed by atoms with van der Waals surface area (Å²) in [4.78, 5) is 11.6. The summed E-state index contributed by atoms with van der Waals surface area (Å²) < 4.78 is 10.4. The van der Waals surface area contributed by atoms with E-state index in [0.29, 0.717) is 17.1 Å². The average Bonchev–Trinajstić information content (AvgIpc) is 2.52. The lowest BCUT2D eigenvalue weighted by atomic mass is 10.0. The van der Waals surface area contributed by atoms with Crippen molar-refractivity contribution in [2.24, 2.45) is 0 Å². The monoisotopic (exact) mass is 284 g/mol. The molecular weight excluding hydrogens is 268 g/mol. The molecule has 0 aliphatic heterocycles. The summed E-state index contributed by atoms with van der Waals surface area (Å²) in [5.41, 5.74) is 1.45. The smallest absolute Gasteiger partial charge is 0.336 e. The van der Waals surface area contributed by atoms with Crippen LogP contribution in [0.25, 0.3) is 11.6 Å². The van der Waals surface area contributed by atoms with E-state index in [1.165, 1.54) is 7.11 Å². The topological polar surface area (TPSA) is 55.8 Å². The number of ether oxygens (including phenoxy) is 2. The number of aliphatic carboxylic acids is 1. The highest BCUT2D eigenvalue weighted by Crippen LogP contribution is 2.28. The molecule has 0 atom stereocenters. The quantitative estimate of drug-likeness (QED) is 0.676. The molecule has 21 heavy (non-hydrogen) atoms.